The number of rotatable bonds is 6. The van der Waals surface area contributed by atoms with Crippen molar-refractivity contribution < 1.29 is 26.3 Å². The van der Waals surface area contributed by atoms with Gasteiger partial charge in [0, 0.05) is 38.0 Å². The van der Waals surface area contributed by atoms with Gasteiger partial charge in [-0.2, -0.15) is 13.2 Å². The molecule has 0 aliphatic carbocycles. The van der Waals surface area contributed by atoms with E-state index < -0.39 is 22.4 Å². The molecule has 13 heteroatoms. The van der Waals surface area contributed by atoms with Crippen molar-refractivity contribution in [1.82, 2.24) is 24.3 Å². The zero-order valence-corrected chi connectivity index (χ0v) is 22.9. The highest BCUT2D eigenvalue weighted by atomic mass is 32.2. The summed E-state index contributed by atoms with van der Waals surface area (Å²) in [5, 5.41) is 3.01. The van der Waals surface area contributed by atoms with Crippen LogP contribution in [0.2, 0.25) is 0 Å². The first-order valence-corrected chi connectivity index (χ1v) is 14.3. The molecule has 40 heavy (non-hydrogen) atoms. The van der Waals surface area contributed by atoms with Crippen molar-refractivity contribution in [2.75, 3.05) is 38.8 Å². The van der Waals surface area contributed by atoms with E-state index in [0.717, 1.165) is 30.6 Å². The number of hydrogen-bond acceptors (Lipinski definition) is 7. The molecule has 0 saturated heterocycles. The Bertz CT molecular complexity index is 1750. The van der Waals surface area contributed by atoms with Gasteiger partial charge in [0.05, 0.1) is 53.3 Å². The summed E-state index contributed by atoms with van der Waals surface area (Å²) < 4.78 is 71.0. The second-order valence-corrected chi connectivity index (χ2v) is 11.6. The third-order valence-electron chi connectivity index (χ3n) is 6.57. The van der Waals surface area contributed by atoms with Crippen LogP contribution < -0.4 is 10.1 Å². The van der Waals surface area contributed by atoms with Crippen LogP contribution in [0.3, 0.4) is 0 Å². The molecule has 0 spiro atoms. The number of hydrogen-bond donors (Lipinski definition) is 2. The highest BCUT2D eigenvalue weighted by Gasteiger charge is 2.32. The van der Waals surface area contributed by atoms with E-state index in [9.17, 15) is 21.6 Å². The maximum Gasteiger partial charge on any atom is 0.394 e. The molecule has 1 aliphatic rings. The van der Waals surface area contributed by atoms with Crippen molar-refractivity contribution in [3.05, 3.63) is 59.3 Å². The summed E-state index contributed by atoms with van der Waals surface area (Å²) in [4.78, 5) is 14.8. The van der Waals surface area contributed by atoms with E-state index in [4.69, 9.17) is 9.72 Å². The van der Waals surface area contributed by atoms with Crippen LogP contribution in [0.5, 0.6) is 5.75 Å². The standard InChI is InChI=1S/C27H27F3N6O3S/c1-35-13-10-19-22(16-35)33-25(32-19)18-6-5-12-36-23(15-27(28,29)30)20(34-26(18)36)7-4-11-31-21-9-8-17(40(3,37)38)14-24(21)39-2/h5-6,8-9,12,14,31H,10-11,13,15-16H2,1-3H3,(H,32,33). The number of halogens is 3. The molecular weight excluding hydrogens is 545 g/mol. The summed E-state index contributed by atoms with van der Waals surface area (Å²) in [6.07, 6.45) is -2.25. The predicted octanol–water partition coefficient (Wildman–Crippen LogP) is 3.69. The lowest BCUT2D eigenvalue weighted by Crippen LogP contribution is -2.26. The third-order valence-corrected chi connectivity index (χ3v) is 7.68. The van der Waals surface area contributed by atoms with E-state index in [1.54, 1.807) is 24.4 Å². The average Bonchev–Trinajstić information content (AvgIpc) is 3.46. The Hall–Kier alpha value is -4.02. The second-order valence-electron chi connectivity index (χ2n) is 9.60. The van der Waals surface area contributed by atoms with Crippen LogP contribution in [0.1, 0.15) is 22.8 Å². The van der Waals surface area contributed by atoms with Crippen LogP contribution in [0.4, 0.5) is 18.9 Å². The van der Waals surface area contributed by atoms with Gasteiger partial charge >= 0.3 is 6.18 Å². The molecule has 0 amide bonds. The van der Waals surface area contributed by atoms with E-state index in [1.165, 1.54) is 23.6 Å². The van der Waals surface area contributed by atoms with Gasteiger partial charge in [0.1, 0.15) is 22.9 Å². The first kappa shape index (κ1) is 27.5. The summed E-state index contributed by atoms with van der Waals surface area (Å²) in [5.74, 6) is 6.47. The van der Waals surface area contributed by atoms with Crippen LogP contribution in [-0.4, -0.2) is 72.3 Å². The average molecular weight is 573 g/mol. The number of benzene rings is 1. The van der Waals surface area contributed by atoms with E-state index in [-0.39, 0.29) is 22.8 Å². The molecule has 9 nitrogen and oxygen atoms in total. The maximum absolute atomic E-state index is 13.6. The minimum Gasteiger partial charge on any atom is -0.495 e. The molecule has 1 aliphatic heterocycles. The van der Waals surface area contributed by atoms with E-state index in [0.29, 0.717) is 35.0 Å². The van der Waals surface area contributed by atoms with Crippen molar-refractivity contribution in [2.45, 2.75) is 30.5 Å². The lowest BCUT2D eigenvalue weighted by atomic mass is 10.2. The summed E-state index contributed by atoms with van der Waals surface area (Å²) in [6.45, 7) is 1.64. The zero-order valence-electron chi connectivity index (χ0n) is 22.1. The van der Waals surface area contributed by atoms with Gasteiger partial charge in [-0.3, -0.25) is 0 Å². The Morgan fingerprint density at radius 2 is 2.02 bits per heavy atom. The monoisotopic (exact) mass is 572 g/mol. The highest BCUT2D eigenvalue weighted by molar-refractivity contribution is 7.90. The van der Waals surface area contributed by atoms with Crippen molar-refractivity contribution in [2.24, 2.45) is 0 Å². The summed E-state index contributed by atoms with van der Waals surface area (Å²) in [5.41, 5.74) is 3.29. The molecule has 5 rings (SSSR count). The smallest absolute Gasteiger partial charge is 0.394 e. The predicted molar refractivity (Wildman–Crippen MR) is 144 cm³/mol. The first-order valence-electron chi connectivity index (χ1n) is 12.4. The molecule has 4 heterocycles. The molecule has 4 aromatic rings. The lowest BCUT2D eigenvalue weighted by Gasteiger charge is -2.20. The Balaban J connectivity index is 1.47. The Labute approximate surface area is 229 Å². The number of fused-ring (bicyclic) bond motifs is 2. The summed E-state index contributed by atoms with van der Waals surface area (Å²) >= 11 is 0. The Morgan fingerprint density at radius 3 is 2.75 bits per heavy atom. The fourth-order valence-corrected chi connectivity index (χ4v) is 5.27. The number of ether oxygens (including phenoxy) is 1. The van der Waals surface area contributed by atoms with Crippen molar-refractivity contribution in [3.63, 3.8) is 0 Å². The fourth-order valence-electron chi connectivity index (χ4n) is 4.63. The lowest BCUT2D eigenvalue weighted by molar-refractivity contribution is -0.128. The number of H-pyrrole nitrogens is 1. The number of nitrogens with one attached hydrogen (secondary N) is 2. The van der Waals surface area contributed by atoms with Gasteiger partial charge in [0.15, 0.2) is 9.84 Å². The van der Waals surface area contributed by atoms with E-state index >= 15 is 0 Å². The molecule has 3 aromatic heterocycles. The van der Waals surface area contributed by atoms with Gasteiger partial charge in [-0.05, 0) is 37.2 Å². The normalized spacial score (nSPS) is 14.1. The molecule has 210 valence electrons. The SMILES string of the molecule is COc1cc(S(C)(=O)=O)ccc1NCC#Cc1nc2c(-c3nc4c([nH]3)CN(C)CC4)cccn2c1CC(F)(F)F. The van der Waals surface area contributed by atoms with Gasteiger partial charge in [0.2, 0.25) is 0 Å². The van der Waals surface area contributed by atoms with Gasteiger partial charge in [-0.25, -0.2) is 18.4 Å². The number of anilines is 1. The van der Waals surface area contributed by atoms with Crippen LogP contribution >= 0.6 is 0 Å². The minimum atomic E-state index is -4.47. The molecule has 0 unspecified atom stereocenters. The number of nitrogens with zero attached hydrogens (tertiary/aromatic N) is 4. The highest BCUT2D eigenvalue weighted by Crippen LogP contribution is 2.30. The largest absolute Gasteiger partial charge is 0.495 e. The number of likely N-dealkylation sites (N-methyl/N-ethyl adjacent to an activating group) is 1. The number of pyridine rings is 1. The first-order chi connectivity index (χ1) is 18.9. The van der Waals surface area contributed by atoms with Crippen LogP contribution in [0, 0.1) is 11.8 Å². The molecular formula is C27H27F3N6O3S. The molecule has 0 radical (unpaired) electrons. The van der Waals surface area contributed by atoms with Crippen molar-refractivity contribution in [1.29, 1.82) is 0 Å². The number of aromatic amines is 1. The minimum absolute atomic E-state index is 0.0158. The van der Waals surface area contributed by atoms with Crippen molar-refractivity contribution >= 4 is 21.2 Å². The topological polar surface area (TPSA) is 105 Å². The Morgan fingerprint density at radius 1 is 1.23 bits per heavy atom. The van der Waals surface area contributed by atoms with E-state index in [2.05, 4.69) is 32.0 Å². The summed E-state index contributed by atoms with van der Waals surface area (Å²) in [7, 11) is 0.00254. The number of aromatic nitrogens is 4. The molecule has 2 N–H and O–H groups in total. The second kappa shape index (κ2) is 10.5. The van der Waals surface area contributed by atoms with Crippen LogP contribution in [-0.2, 0) is 29.2 Å². The number of methoxy groups -OCH3 is 1. The molecule has 0 fully saturated rings. The Kier molecular flexibility index (Phi) is 7.24. The van der Waals surface area contributed by atoms with E-state index in [1.807, 2.05) is 7.05 Å². The summed E-state index contributed by atoms with van der Waals surface area (Å²) in [6, 6.07) is 7.81. The third kappa shape index (κ3) is 5.78. The van der Waals surface area contributed by atoms with Gasteiger partial charge in [-0.1, -0.05) is 5.92 Å². The van der Waals surface area contributed by atoms with Gasteiger partial charge in [0.25, 0.3) is 0 Å². The van der Waals surface area contributed by atoms with Crippen LogP contribution in [0.25, 0.3) is 17.0 Å². The molecule has 0 bridgehead atoms. The number of imidazole rings is 2. The maximum atomic E-state index is 13.6. The zero-order chi connectivity index (χ0) is 28.7. The van der Waals surface area contributed by atoms with Crippen molar-refractivity contribution in [3.8, 4) is 29.0 Å². The molecule has 0 atom stereocenters. The van der Waals surface area contributed by atoms with Gasteiger partial charge < -0.3 is 24.3 Å². The number of alkyl halides is 3. The van der Waals surface area contributed by atoms with Crippen LogP contribution in [0.15, 0.2) is 41.4 Å². The molecule has 1 aromatic carbocycles. The molecule has 0 saturated carbocycles. The quantitative estimate of drug-likeness (QED) is 0.340. The fraction of sp³-hybridized carbons (Fsp3) is 0.333. The van der Waals surface area contributed by atoms with Gasteiger partial charge in [-0.15, -0.1) is 0 Å². The number of sulfone groups is 1.